The molecule has 1 aliphatic heterocycles. The Morgan fingerprint density at radius 1 is 1.07 bits per heavy atom. The normalized spacial score (nSPS) is 14.4. The highest BCUT2D eigenvalue weighted by Crippen LogP contribution is 2.13. The minimum absolute atomic E-state index is 0.113. The van der Waals surface area contributed by atoms with Gasteiger partial charge in [-0.2, -0.15) is 0 Å². The number of rotatable bonds is 11. The van der Waals surface area contributed by atoms with Crippen molar-refractivity contribution < 1.29 is 24.0 Å². The molecule has 0 bridgehead atoms. The zero-order valence-corrected chi connectivity index (χ0v) is 17.0. The van der Waals surface area contributed by atoms with E-state index in [4.69, 9.17) is 0 Å². The molecule has 0 radical (unpaired) electrons. The van der Waals surface area contributed by atoms with E-state index >= 15 is 0 Å². The second kappa shape index (κ2) is 11.2. The fourth-order valence-corrected chi connectivity index (χ4v) is 2.99. The summed E-state index contributed by atoms with van der Waals surface area (Å²) in [6.45, 7) is 3.88. The lowest BCUT2D eigenvalue weighted by Gasteiger charge is -2.30. The standard InChI is InChI=1S/C19H30N4O5/c1-13(2)18(19(28)21-12-14(24)20-3)22(4)15(25)8-6-5-7-11-23-16(26)9-10-17(23)27/h9-10,13,18H,5-8,11-12H2,1-4H3,(H,20,24)(H,21,28). The molecule has 28 heavy (non-hydrogen) atoms. The lowest BCUT2D eigenvalue weighted by molar-refractivity contribution is -0.141. The first-order chi connectivity index (χ1) is 13.2. The van der Waals surface area contributed by atoms with Gasteiger partial charge in [0.05, 0.1) is 6.54 Å². The molecule has 9 heteroatoms. The van der Waals surface area contributed by atoms with Crippen LogP contribution in [0.3, 0.4) is 0 Å². The van der Waals surface area contributed by atoms with E-state index in [1.54, 1.807) is 7.05 Å². The fourth-order valence-electron chi connectivity index (χ4n) is 2.99. The number of carbonyl (C=O) groups is 5. The van der Waals surface area contributed by atoms with Crippen LogP contribution in [0.4, 0.5) is 0 Å². The van der Waals surface area contributed by atoms with Crippen molar-refractivity contribution in [3.8, 4) is 0 Å². The molecular weight excluding hydrogens is 364 g/mol. The first-order valence-corrected chi connectivity index (χ1v) is 9.46. The number of hydrogen-bond acceptors (Lipinski definition) is 5. The van der Waals surface area contributed by atoms with E-state index in [9.17, 15) is 24.0 Å². The average Bonchev–Trinajstić information content (AvgIpc) is 2.97. The number of hydrogen-bond donors (Lipinski definition) is 2. The molecule has 1 aliphatic rings. The quantitative estimate of drug-likeness (QED) is 0.372. The summed E-state index contributed by atoms with van der Waals surface area (Å²) in [5, 5.41) is 4.97. The summed E-state index contributed by atoms with van der Waals surface area (Å²) in [6.07, 6.45) is 4.67. The van der Waals surface area contributed by atoms with E-state index in [0.717, 1.165) is 0 Å². The highest BCUT2D eigenvalue weighted by Gasteiger charge is 2.29. The number of amides is 5. The maximum absolute atomic E-state index is 12.4. The Kier molecular flexibility index (Phi) is 9.34. The Morgan fingerprint density at radius 3 is 2.21 bits per heavy atom. The summed E-state index contributed by atoms with van der Waals surface area (Å²) in [5.74, 6) is -1.56. The van der Waals surface area contributed by atoms with Crippen molar-refractivity contribution in [2.24, 2.45) is 5.92 Å². The van der Waals surface area contributed by atoms with Gasteiger partial charge in [-0.1, -0.05) is 20.3 Å². The monoisotopic (exact) mass is 394 g/mol. The summed E-state index contributed by atoms with van der Waals surface area (Å²) < 4.78 is 0. The second-order valence-corrected chi connectivity index (χ2v) is 7.06. The van der Waals surface area contributed by atoms with Crippen molar-refractivity contribution in [3.63, 3.8) is 0 Å². The molecule has 9 nitrogen and oxygen atoms in total. The van der Waals surface area contributed by atoms with Crippen LogP contribution < -0.4 is 10.6 Å². The van der Waals surface area contributed by atoms with E-state index in [1.165, 1.54) is 29.0 Å². The van der Waals surface area contributed by atoms with E-state index in [2.05, 4.69) is 10.6 Å². The molecule has 5 amide bonds. The SMILES string of the molecule is CNC(=O)CNC(=O)C(C(C)C)N(C)C(=O)CCCCCN1C(=O)C=CC1=O. The summed E-state index contributed by atoms with van der Waals surface area (Å²) >= 11 is 0. The molecule has 0 aromatic carbocycles. The third-order valence-electron chi connectivity index (χ3n) is 4.59. The summed E-state index contributed by atoms with van der Waals surface area (Å²) in [5.41, 5.74) is 0. The van der Waals surface area contributed by atoms with Crippen LogP contribution in [-0.2, 0) is 24.0 Å². The van der Waals surface area contributed by atoms with Gasteiger partial charge in [0.1, 0.15) is 6.04 Å². The lowest BCUT2D eigenvalue weighted by atomic mass is 10.0. The van der Waals surface area contributed by atoms with E-state index < -0.39 is 6.04 Å². The third-order valence-corrected chi connectivity index (χ3v) is 4.59. The van der Waals surface area contributed by atoms with Crippen molar-refractivity contribution in [1.82, 2.24) is 20.4 Å². The van der Waals surface area contributed by atoms with Gasteiger partial charge in [-0.3, -0.25) is 28.9 Å². The predicted octanol–water partition coefficient (Wildman–Crippen LogP) is -0.183. The fraction of sp³-hybridized carbons (Fsp3) is 0.632. The molecule has 0 fully saturated rings. The number of nitrogens with zero attached hydrogens (tertiary/aromatic N) is 2. The van der Waals surface area contributed by atoms with Gasteiger partial charge in [0, 0.05) is 39.2 Å². The molecule has 1 heterocycles. The van der Waals surface area contributed by atoms with E-state index in [-0.39, 0.29) is 48.4 Å². The Labute approximate surface area is 165 Å². The van der Waals surface area contributed by atoms with Crippen LogP contribution in [0, 0.1) is 5.92 Å². The van der Waals surface area contributed by atoms with Crippen LogP contribution in [0.5, 0.6) is 0 Å². The third kappa shape index (κ3) is 6.79. The van der Waals surface area contributed by atoms with Gasteiger partial charge in [0.2, 0.25) is 17.7 Å². The molecule has 0 spiro atoms. The van der Waals surface area contributed by atoms with Crippen LogP contribution in [0.25, 0.3) is 0 Å². The molecule has 1 atom stereocenters. The first-order valence-electron chi connectivity index (χ1n) is 9.46. The zero-order valence-electron chi connectivity index (χ0n) is 17.0. The van der Waals surface area contributed by atoms with Crippen LogP contribution >= 0.6 is 0 Å². The van der Waals surface area contributed by atoms with Gasteiger partial charge in [-0.25, -0.2) is 0 Å². The maximum atomic E-state index is 12.4. The topological polar surface area (TPSA) is 116 Å². The number of imide groups is 1. The number of likely N-dealkylation sites (N-methyl/N-ethyl adjacent to an activating group) is 2. The minimum atomic E-state index is -0.664. The van der Waals surface area contributed by atoms with Gasteiger partial charge in [-0.05, 0) is 18.8 Å². The predicted molar refractivity (Wildman–Crippen MR) is 103 cm³/mol. The molecule has 0 saturated heterocycles. The molecule has 1 unspecified atom stereocenters. The van der Waals surface area contributed by atoms with Crippen molar-refractivity contribution in [1.29, 1.82) is 0 Å². The molecule has 2 N–H and O–H groups in total. The molecule has 0 aliphatic carbocycles. The molecule has 0 saturated carbocycles. The Hall–Kier alpha value is -2.71. The Morgan fingerprint density at radius 2 is 1.68 bits per heavy atom. The largest absolute Gasteiger partial charge is 0.358 e. The zero-order chi connectivity index (χ0) is 21.3. The smallest absolute Gasteiger partial charge is 0.253 e. The van der Waals surface area contributed by atoms with E-state index in [0.29, 0.717) is 25.8 Å². The Bertz CT molecular complexity index is 626. The lowest BCUT2D eigenvalue weighted by Crippen LogP contribution is -2.52. The number of nitrogens with one attached hydrogen (secondary N) is 2. The minimum Gasteiger partial charge on any atom is -0.358 e. The van der Waals surface area contributed by atoms with Gasteiger partial charge in [-0.15, -0.1) is 0 Å². The molecule has 0 aromatic heterocycles. The van der Waals surface area contributed by atoms with Crippen LogP contribution in [0.1, 0.15) is 39.5 Å². The summed E-state index contributed by atoms with van der Waals surface area (Å²) in [6, 6.07) is -0.664. The molecule has 0 aromatic rings. The highest BCUT2D eigenvalue weighted by molar-refractivity contribution is 6.12. The van der Waals surface area contributed by atoms with Gasteiger partial charge < -0.3 is 15.5 Å². The highest BCUT2D eigenvalue weighted by atomic mass is 16.2. The molecule has 1 rings (SSSR count). The molecule has 156 valence electrons. The average molecular weight is 394 g/mol. The Balaban J connectivity index is 2.41. The first kappa shape index (κ1) is 23.3. The van der Waals surface area contributed by atoms with Crippen molar-refractivity contribution in [2.75, 3.05) is 27.2 Å². The number of unbranched alkanes of at least 4 members (excludes halogenated alkanes) is 2. The van der Waals surface area contributed by atoms with Gasteiger partial charge in [0.15, 0.2) is 0 Å². The summed E-state index contributed by atoms with van der Waals surface area (Å²) in [4.78, 5) is 61.6. The van der Waals surface area contributed by atoms with Gasteiger partial charge >= 0.3 is 0 Å². The number of carbonyl (C=O) groups excluding carboxylic acids is 5. The summed E-state index contributed by atoms with van der Waals surface area (Å²) in [7, 11) is 3.07. The van der Waals surface area contributed by atoms with Crippen molar-refractivity contribution >= 4 is 29.5 Å². The van der Waals surface area contributed by atoms with Crippen LogP contribution in [0.15, 0.2) is 12.2 Å². The van der Waals surface area contributed by atoms with Gasteiger partial charge in [0.25, 0.3) is 11.8 Å². The van der Waals surface area contributed by atoms with Crippen LogP contribution in [0.2, 0.25) is 0 Å². The van der Waals surface area contributed by atoms with Crippen molar-refractivity contribution in [3.05, 3.63) is 12.2 Å². The van der Waals surface area contributed by atoms with Crippen LogP contribution in [-0.4, -0.2) is 72.6 Å². The molecular formula is C19H30N4O5. The second-order valence-electron chi connectivity index (χ2n) is 7.06. The maximum Gasteiger partial charge on any atom is 0.253 e. The van der Waals surface area contributed by atoms with E-state index in [1.807, 2.05) is 13.8 Å². The van der Waals surface area contributed by atoms with Crippen molar-refractivity contribution in [2.45, 2.75) is 45.6 Å².